The molecule has 0 spiro atoms. The van der Waals surface area contributed by atoms with E-state index in [0.29, 0.717) is 15.6 Å². The van der Waals surface area contributed by atoms with E-state index < -0.39 is 22.5 Å². The summed E-state index contributed by atoms with van der Waals surface area (Å²) >= 11 is 11.9. The number of nitrogens with zero attached hydrogens (tertiary/aromatic N) is 1. The standard InChI is InChI=1S/C15H15Cl2N3O3S/c16-12-5-7-13(8-6-12)24(22,23)20(10-15(21)19-18)9-11-3-1-2-4-14(11)17/h1-8H,9-10,18H2,(H,19,21). The molecule has 3 N–H and O–H groups in total. The van der Waals surface area contributed by atoms with Gasteiger partial charge in [0.2, 0.25) is 15.9 Å². The maximum absolute atomic E-state index is 12.8. The van der Waals surface area contributed by atoms with E-state index in [1.54, 1.807) is 24.3 Å². The number of hydrogen-bond acceptors (Lipinski definition) is 4. The normalized spacial score (nSPS) is 11.5. The summed E-state index contributed by atoms with van der Waals surface area (Å²) in [6, 6.07) is 12.5. The van der Waals surface area contributed by atoms with Gasteiger partial charge in [0, 0.05) is 16.6 Å². The van der Waals surface area contributed by atoms with Gasteiger partial charge in [-0.3, -0.25) is 10.2 Å². The second-order valence-electron chi connectivity index (χ2n) is 4.89. The van der Waals surface area contributed by atoms with Crippen molar-refractivity contribution in [3.05, 3.63) is 64.1 Å². The fourth-order valence-electron chi connectivity index (χ4n) is 2.00. The molecule has 0 aliphatic carbocycles. The van der Waals surface area contributed by atoms with Gasteiger partial charge >= 0.3 is 0 Å². The number of sulfonamides is 1. The first kappa shape index (κ1) is 18.7. The quantitative estimate of drug-likeness (QED) is 0.451. The lowest BCUT2D eigenvalue weighted by molar-refractivity contribution is -0.121. The van der Waals surface area contributed by atoms with E-state index in [2.05, 4.69) is 0 Å². The molecule has 128 valence electrons. The summed E-state index contributed by atoms with van der Waals surface area (Å²) in [6.45, 7) is -0.509. The largest absolute Gasteiger partial charge is 0.293 e. The number of hydrazine groups is 1. The molecule has 2 aromatic rings. The molecule has 1 amide bonds. The van der Waals surface area contributed by atoms with Crippen molar-refractivity contribution in [2.45, 2.75) is 11.4 Å². The summed E-state index contributed by atoms with van der Waals surface area (Å²) in [5, 5.41) is 0.813. The van der Waals surface area contributed by atoms with Crippen LogP contribution in [0.3, 0.4) is 0 Å². The van der Waals surface area contributed by atoms with Crippen LogP contribution in [0.15, 0.2) is 53.4 Å². The molecular formula is C15H15Cl2N3O3S. The Labute approximate surface area is 150 Å². The molecule has 0 heterocycles. The van der Waals surface area contributed by atoms with Crippen LogP contribution >= 0.6 is 23.2 Å². The molecule has 0 aromatic heterocycles. The molecule has 0 radical (unpaired) electrons. The third-order valence-corrected chi connectivity index (χ3v) is 5.66. The Morgan fingerprint density at radius 1 is 1.08 bits per heavy atom. The first-order valence-corrected chi connectivity index (χ1v) is 9.03. The number of nitrogens with one attached hydrogen (secondary N) is 1. The van der Waals surface area contributed by atoms with E-state index in [1.165, 1.54) is 24.3 Å². The van der Waals surface area contributed by atoms with Crippen LogP contribution in [0.25, 0.3) is 0 Å². The molecule has 0 aliphatic rings. The molecule has 0 saturated carbocycles. The average molecular weight is 388 g/mol. The van der Waals surface area contributed by atoms with Gasteiger partial charge in [-0.1, -0.05) is 41.4 Å². The van der Waals surface area contributed by atoms with E-state index in [0.717, 1.165) is 4.31 Å². The van der Waals surface area contributed by atoms with Crippen LogP contribution in [0, 0.1) is 0 Å². The van der Waals surface area contributed by atoms with Crippen LogP contribution in [0.2, 0.25) is 10.0 Å². The minimum absolute atomic E-state index is 0.0174. The first-order chi connectivity index (χ1) is 11.3. The maximum atomic E-state index is 12.8. The number of benzene rings is 2. The molecule has 6 nitrogen and oxygen atoms in total. The predicted molar refractivity (Wildman–Crippen MR) is 92.8 cm³/mol. The topological polar surface area (TPSA) is 92.5 Å². The highest BCUT2D eigenvalue weighted by Gasteiger charge is 2.27. The number of halogens is 2. The van der Waals surface area contributed by atoms with E-state index in [9.17, 15) is 13.2 Å². The summed E-state index contributed by atoms with van der Waals surface area (Å²) in [5.74, 6) is 4.44. The molecule has 0 saturated heterocycles. The van der Waals surface area contributed by atoms with Crippen LogP contribution < -0.4 is 11.3 Å². The Morgan fingerprint density at radius 2 is 1.71 bits per heavy atom. The van der Waals surface area contributed by atoms with Gasteiger partial charge in [-0.15, -0.1) is 0 Å². The average Bonchev–Trinajstić information content (AvgIpc) is 2.56. The first-order valence-electron chi connectivity index (χ1n) is 6.83. The van der Waals surface area contributed by atoms with Gasteiger partial charge in [0.25, 0.3) is 0 Å². The molecule has 24 heavy (non-hydrogen) atoms. The van der Waals surface area contributed by atoms with Crippen molar-refractivity contribution in [2.24, 2.45) is 5.84 Å². The Hall–Kier alpha value is -1.64. The molecule has 0 bridgehead atoms. The second-order valence-corrected chi connectivity index (χ2v) is 7.67. The highest BCUT2D eigenvalue weighted by Crippen LogP contribution is 2.23. The summed E-state index contributed by atoms with van der Waals surface area (Å²) in [4.78, 5) is 11.7. The monoisotopic (exact) mass is 387 g/mol. The van der Waals surface area contributed by atoms with Crippen LogP contribution in [-0.2, 0) is 21.4 Å². The summed E-state index contributed by atoms with van der Waals surface area (Å²) < 4.78 is 26.7. The third kappa shape index (κ3) is 4.46. The summed E-state index contributed by atoms with van der Waals surface area (Å²) in [6.07, 6.45) is 0. The number of carbonyl (C=O) groups is 1. The lowest BCUT2D eigenvalue weighted by atomic mass is 10.2. The fraction of sp³-hybridized carbons (Fsp3) is 0.133. The summed E-state index contributed by atoms with van der Waals surface area (Å²) in [7, 11) is -3.94. The van der Waals surface area contributed by atoms with Gasteiger partial charge in [-0.25, -0.2) is 14.3 Å². The molecule has 0 unspecified atom stereocenters. The zero-order valence-electron chi connectivity index (χ0n) is 12.4. The third-order valence-electron chi connectivity index (χ3n) is 3.24. The van der Waals surface area contributed by atoms with Crippen LogP contribution in [0.4, 0.5) is 0 Å². The zero-order chi connectivity index (χ0) is 17.7. The van der Waals surface area contributed by atoms with Crippen LogP contribution in [0.5, 0.6) is 0 Å². The molecule has 0 atom stereocenters. The maximum Gasteiger partial charge on any atom is 0.249 e. The molecule has 0 aliphatic heterocycles. The van der Waals surface area contributed by atoms with Crippen molar-refractivity contribution in [2.75, 3.05) is 6.54 Å². The highest BCUT2D eigenvalue weighted by molar-refractivity contribution is 7.89. The van der Waals surface area contributed by atoms with E-state index >= 15 is 0 Å². The van der Waals surface area contributed by atoms with Gasteiger partial charge in [0.05, 0.1) is 11.4 Å². The molecule has 0 fully saturated rings. The number of nitrogens with two attached hydrogens (primary N) is 1. The van der Waals surface area contributed by atoms with Crippen molar-refractivity contribution in [3.63, 3.8) is 0 Å². The number of amides is 1. The smallest absolute Gasteiger partial charge is 0.249 e. The van der Waals surface area contributed by atoms with E-state index in [-0.39, 0.29) is 11.4 Å². The van der Waals surface area contributed by atoms with Gasteiger partial charge in [0.1, 0.15) is 0 Å². The van der Waals surface area contributed by atoms with Crippen LogP contribution in [0.1, 0.15) is 5.56 Å². The van der Waals surface area contributed by atoms with Gasteiger partial charge in [-0.2, -0.15) is 4.31 Å². The second kappa shape index (κ2) is 7.96. The van der Waals surface area contributed by atoms with Crippen molar-refractivity contribution < 1.29 is 13.2 Å². The molecule has 2 aromatic carbocycles. The molecule has 9 heteroatoms. The Morgan fingerprint density at radius 3 is 2.29 bits per heavy atom. The van der Waals surface area contributed by atoms with Gasteiger partial charge in [0.15, 0.2) is 0 Å². The van der Waals surface area contributed by atoms with E-state index in [1.807, 2.05) is 5.43 Å². The Kier molecular flexibility index (Phi) is 6.20. The zero-order valence-corrected chi connectivity index (χ0v) is 14.8. The lowest BCUT2D eigenvalue weighted by Crippen LogP contribution is -2.42. The predicted octanol–water partition coefficient (Wildman–Crippen LogP) is 2.17. The van der Waals surface area contributed by atoms with E-state index in [4.69, 9.17) is 29.0 Å². The minimum Gasteiger partial charge on any atom is -0.293 e. The van der Waals surface area contributed by atoms with Crippen molar-refractivity contribution in [1.29, 1.82) is 0 Å². The number of rotatable bonds is 6. The minimum atomic E-state index is -3.94. The van der Waals surface area contributed by atoms with Crippen LogP contribution in [-0.4, -0.2) is 25.2 Å². The molecule has 2 rings (SSSR count). The van der Waals surface area contributed by atoms with Crippen molar-refractivity contribution in [3.8, 4) is 0 Å². The Bertz CT molecular complexity index is 826. The number of hydrogen-bond donors (Lipinski definition) is 2. The molecular weight excluding hydrogens is 373 g/mol. The van der Waals surface area contributed by atoms with Gasteiger partial charge in [-0.05, 0) is 35.9 Å². The SMILES string of the molecule is NNC(=O)CN(Cc1ccccc1Cl)S(=O)(=O)c1ccc(Cl)cc1. The fourth-order valence-corrected chi connectivity index (χ4v) is 3.70. The van der Waals surface area contributed by atoms with Crippen molar-refractivity contribution in [1.82, 2.24) is 9.73 Å². The summed E-state index contributed by atoms with van der Waals surface area (Å²) in [5.41, 5.74) is 2.50. The Balaban J connectivity index is 2.39. The lowest BCUT2D eigenvalue weighted by Gasteiger charge is -2.22. The highest BCUT2D eigenvalue weighted by atomic mass is 35.5. The van der Waals surface area contributed by atoms with Crippen molar-refractivity contribution >= 4 is 39.1 Å². The number of carbonyl (C=O) groups excluding carboxylic acids is 1. The van der Waals surface area contributed by atoms with Gasteiger partial charge < -0.3 is 0 Å².